The lowest BCUT2D eigenvalue weighted by molar-refractivity contribution is -0.134. The number of benzene rings is 2. The number of nitrogens with zero attached hydrogens (tertiary/aromatic N) is 1. The maximum atomic E-state index is 13.7. The molecule has 1 heterocycles. The highest BCUT2D eigenvalue weighted by atomic mass is 79.9. The van der Waals surface area contributed by atoms with Crippen molar-refractivity contribution in [2.24, 2.45) is 0 Å². The van der Waals surface area contributed by atoms with Crippen LogP contribution in [0.15, 0.2) is 59.3 Å². The minimum atomic E-state index is -0.400. The number of carbonyl (C=O) groups is 1. The second kappa shape index (κ2) is 7.40. The van der Waals surface area contributed by atoms with Crippen molar-refractivity contribution in [3.05, 3.63) is 70.7 Å². The van der Waals surface area contributed by atoms with Gasteiger partial charge in [0, 0.05) is 22.4 Å². The summed E-state index contributed by atoms with van der Waals surface area (Å²) in [7, 11) is 0. The summed E-state index contributed by atoms with van der Waals surface area (Å²) in [5.74, 6) is 0.466. The van der Waals surface area contributed by atoms with Gasteiger partial charge in [0.2, 0.25) is 0 Å². The van der Waals surface area contributed by atoms with E-state index in [-0.39, 0.29) is 12.2 Å². The standard InChI is InChI=1S/C18H14BrFN2O2/c19-14-5-1-12(16(20)11-14)4-8-17(23)24-15-6-2-13(3-7-15)18-21-9-10-22-18/h1-3,5-7,9-11H,4,8H2,(H,21,22). The van der Waals surface area contributed by atoms with E-state index in [2.05, 4.69) is 25.9 Å². The van der Waals surface area contributed by atoms with Crippen molar-refractivity contribution in [2.75, 3.05) is 0 Å². The molecule has 0 aliphatic rings. The quantitative estimate of drug-likeness (QED) is 0.516. The molecule has 3 rings (SSSR count). The van der Waals surface area contributed by atoms with E-state index in [0.717, 1.165) is 11.4 Å². The van der Waals surface area contributed by atoms with Gasteiger partial charge in [0.25, 0.3) is 0 Å². The van der Waals surface area contributed by atoms with Gasteiger partial charge in [0.05, 0.1) is 6.42 Å². The molecule has 0 aliphatic carbocycles. The zero-order valence-electron chi connectivity index (χ0n) is 12.6. The molecule has 1 aromatic heterocycles. The van der Waals surface area contributed by atoms with Gasteiger partial charge in [-0.3, -0.25) is 4.79 Å². The molecule has 0 atom stereocenters. The SMILES string of the molecule is O=C(CCc1ccc(Br)cc1F)Oc1ccc(-c2ncc[nH]2)cc1. The third-order valence-electron chi connectivity index (χ3n) is 3.47. The van der Waals surface area contributed by atoms with Gasteiger partial charge in [-0.05, 0) is 48.4 Å². The van der Waals surface area contributed by atoms with Crippen LogP contribution in [0.1, 0.15) is 12.0 Å². The number of ether oxygens (including phenoxy) is 1. The average Bonchev–Trinajstić information content (AvgIpc) is 3.09. The molecule has 4 nitrogen and oxygen atoms in total. The van der Waals surface area contributed by atoms with Gasteiger partial charge in [-0.15, -0.1) is 0 Å². The van der Waals surface area contributed by atoms with Gasteiger partial charge in [-0.25, -0.2) is 9.37 Å². The van der Waals surface area contributed by atoms with Crippen LogP contribution in [-0.2, 0) is 11.2 Å². The van der Waals surface area contributed by atoms with E-state index in [0.29, 0.717) is 22.2 Å². The van der Waals surface area contributed by atoms with E-state index in [1.54, 1.807) is 36.7 Å². The number of imidazole rings is 1. The predicted molar refractivity (Wildman–Crippen MR) is 92.1 cm³/mol. The maximum absolute atomic E-state index is 13.7. The van der Waals surface area contributed by atoms with Crippen molar-refractivity contribution >= 4 is 21.9 Å². The van der Waals surface area contributed by atoms with Gasteiger partial charge in [-0.1, -0.05) is 22.0 Å². The van der Waals surface area contributed by atoms with Gasteiger partial charge in [0.1, 0.15) is 17.4 Å². The molecule has 0 aliphatic heterocycles. The lowest BCUT2D eigenvalue weighted by Crippen LogP contribution is -2.09. The van der Waals surface area contributed by atoms with Crippen LogP contribution in [0.3, 0.4) is 0 Å². The largest absolute Gasteiger partial charge is 0.427 e. The van der Waals surface area contributed by atoms with Gasteiger partial charge in [-0.2, -0.15) is 0 Å². The molecule has 0 amide bonds. The topological polar surface area (TPSA) is 55.0 Å². The van der Waals surface area contributed by atoms with Crippen molar-refractivity contribution in [2.45, 2.75) is 12.8 Å². The number of aromatic amines is 1. The summed E-state index contributed by atoms with van der Waals surface area (Å²) in [6.07, 6.45) is 3.82. The van der Waals surface area contributed by atoms with Crippen molar-refractivity contribution in [1.82, 2.24) is 9.97 Å². The van der Waals surface area contributed by atoms with Crippen molar-refractivity contribution < 1.29 is 13.9 Å². The molecule has 1 N–H and O–H groups in total. The van der Waals surface area contributed by atoms with Crippen LogP contribution in [0, 0.1) is 5.82 Å². The first-order valence-electron chi connectivity index (χ1n) is 7.36. The average molecular weight is 389 g/mol. The number of aromatic nitrogens is 2. The number of carbonyl (C=O) groups excluding carboxylic acids is 1. The van der Waals surface area contributed by atoms with E-state index in [9.17, 15) is 9.18 Å². The van der Waals surface area contributed by atoms with E-state index >= 15 is 0 Å². The highest BCUT2D eigenvalue weighted by Crippen LogP contribution is 2.20. The fraction of sp³-hybridized carbons (Fsp3) is 0.111. The normalized spacial score (nSPS) is 10.6. The monoisotopic (exact) mass is 388 g/mol. The van der Waals surface area contributed by atoms with Crippen LogP contribution in [0.4, 0.5) is 4.39 Å². The van der Waals surface area contributed by atoms with Crippen LogP contribution < -0.4 is 4.74 Å². The molecule has 122 valence electrons. The van der Waals surface area contributed by atoms with Gasteiger partial charge in [0.15, 0.2) is 0 Å². The number of hydrogen-bond acceptors (Lipinski definition) is 3. The Morgan fingerprint density at radius 2 is 2.00 bits per heavy atom. The second-order valence-corrected chi connectivity index (χ2v) is 6.09. The molecular weight excluding hydrogens is 375 g/mol. The van der Waals surface area contributed by atoms with Crippen LogP contribution in [-0.4, -0.2) is 15.9 Å². The summed E-state index contributed by atoms with van der Waals surface area (Å²) in [4.78, 5) is 19.1. The maximum Gasteiger partial charge on any atom is 0.311 e. The number of nitrogens with one attached hydrogen (secondary N) is 1. The smallest absolute Gasteiger partial charge is 0.311 e. The summed E-state index contributed by atoms with van der Waals surface area (Å²) >= 11 is 3.20. The zero-order chi connectivity index (χ0) is 16.9. The van der Waals surface area contributed by atoms with Crippen molar-refractivity contribution in [3.63, 3.8) is 0 Å². The summed E-state index contributed by atoms with van der Waals surface area (Å²) in [5.41, 5.74) is 1.39. The molecule has 0 radical (unpaired) electrons. The third-order valence-corrected chi connectivity index (χ3v) is 3.96. The minimum absolute atomic E-state index is 0.110. The van der Waals surface area contributed by atoms with Crippen LogP contribution in [0.2, 0.25) is 0 Å². The predicted octanol–water partition coefficient (Wildman–Crippen LogP) is 4.52. The Bertz CT molecular complexity index is 833. The first-order chi connectivity index (χ1) is 11.6. The zero-order valence-corrected chi connectivity index (χ0v) is 14.2. The van der Waals surface area contributed by atoms with Crippen molar-refractivity contribution in [1.29, 1.82) is 0 Å². The summed E-state index contributed by atoms with van der Waals surface area (Å²) in [6.45, 7) is 0. The Labute approximate surface area is 146 Å². The fourth-order valence-electron chi connectivity index (χ4n) is 2.25. The number of esters is 1. The molecule has 3 aromatic rings. The Morgan fingerprint density at radius 3 is 2.67 bits per heavy atom. The third kappa shape index (κ3) is 4.08. The summed E-state index contributed by atoms with van der Waals surface area (Å²) in [5, 5.41) is 0. The number of aryl methyl sites for hydroxylation is 1. The summed E-state index contributed by atoms with van der Waals surface area (Å²) in [6, 6.07) is 11.8. The van der Waals surface area contributed by atoms with Crippen LogP contribution >= 0.6 is 15.9 Å². The van der Waals surface area contributed by atoms with Gasteiger partial charge >= 0.3 is 5.97 Å². The highest BCUT2D eigenvalue weighted by molar-refractivity contribution is 9.10. The number of rotatable bonds is 5. The number of hydrogen-bond donors (Lipinski definition) is 1. The molecule has 0 saturated carbocycles. The molecule has 0 bridgehead atoms. The Kier molecular flexibility index (Phi) is 5.05. The Balaban J connectivity index is 1.56. The molecule has 0 fully saturated rings. The van der Waals surface area contributed by atoms with Crippen molar-refractivity contribution in [3.8, 4) is 17.1 Å². The lowest BCUT2D eigenvalue weighted by atomic mass is 10.1. The van der Waals surface area contributed by atoms with E-state index in [4.69, 9.17) is 4.74 Å². The molecule has 0 unspecified atom stereocenters. The number of halogens is 2. The lowest BCUT2D eigenvalue weighted by Gasteiger charge is -2.06. The molecule has 6 heteroatoms. The summed E-state index contributed by atoms with van der Waals surface area (Å²) < 4.78 is 19.7. The Morgan fingerprint density at radius 1 is 1.21 bits per heavy atom. The van der Waals surface area contributed by atoms with E-state index in [1.165, 1.54) is 6.07 Å². The molecular formula is C18H14BrFN2O2. The fourth-order valence-corrected chi connectivity index (χ4v) is 2.58. The first kappa shape index (κ1) is 16.4. The van der Waals surface area contributed by atoms with Crippen LogP contribution in [0.5, 0.6) is 5.75 Å². The molecule has 2 aromatic carbocycles. The molecule has 0 spiro atoms. The minimum Gasteiger partial charge on any atom is -0.427 e. The number of H-pyrrole nitrogens is 1. The molecule has 0 saturated heterocycles. The first-order valence-corrected chi connectivity index (χ1v) is 8.15. The Hall–Kier alpha value is -2.47. The van der Waals surface area contributed by atoms with E-state index in [1.807, 2.05) is 12.1 Å². The van der Waals surface area contributed by atoms with Crippen LogP contribution in [0.25, 0.3) is 11.4 Å². The van der Waals surface area contributed by atoms with E-state index < -0.39 is 5.97 Å². The molecule has 24 heavy (non-hydrogen) atoms. The highest BCUT2D eigenvalue weighted by Gasteiger charge is 2.09. The second-order valence-electron chi connectivity index (χ2n) is 5.17. The van der Waals surface area contributed by atoms with Gasteiger partial charge < -0.3 is 9.72 Å².